The van der Waals surface area contributed by atoms with Gasteiger partial charge in [0.15, 0.2) is 0 Å². The first-order valence-electron chi connectivity index (χ1n) is 9.78. The zero-order chi connectivity index (χ0) is 19.3. The molecule has 1 aliphatic rings. The van der Waals surface area contributed by atoms with Gasteiger partial charge in [0, 0.05) is 31.0 Å². The molecule has 1 atom stereocenters. The maximum Gasteiger partial charge on any atom is 0.227 e. The van der Waals surface area contributed by atoms with Crippen LogP contribution in [0.1, 0.15) is 30.7 Å². The molecule has 4 rings (SSSR count). The third-order valence-corrected chi connectivity index (χ3v) is 5.18. The van der Waals surface area contributed by atoms with Crippen LogP contribution in [0.25, 0.3) is 11.0 Å². The second-order valence-electron chi connectivity index (χ2n) is 7.24. The number of para-hydroxylation sites is 3. The Hall–Kier alpha value is -3.15. The number of carbonyl (C=O) groups excluding carboxylic acids is 2. The molecule has 0 bridgehead atoms. The predicted octanol–water partition coefficient (Wildman–Crippen LogP) is 3.20. The average molecular weight is 376 g/mol. The second kappa shape index (κ2) is 8.25. The van der Waals surface area contributed by atoms with Crippen molar-refractivity contribution in [3.05, 3.63) is 59.9 Å². The highest BCUT2D eigenvalue weighted by atomic mass is 16.2. The molecular weight excluding hydrogens is 352 g/mol. The lowest BCUT2D eigenvalue weighted by atomic mass is 9.89. The van der Waals surface area contributed by atoms with Crippen LogP contribution in [0.15, 0.2) is 48.5 Å². The van der Waals surface area contributed by atoms with Gasteiger partial charge in [-0.3, -0.25) is 9.59 Å². The zero-order valence-corrected chi connectivity index (χ0v) is 15.7. The molecule has 3 N–H and O–H groups in total. The summed E-state index contributed by atoms with van der Waals surface area (Å²) < 4.78 is 0. The van der Waals surface area contributed by atoms with E-state index >= 15 is 0 Å². The third-order valence-electron chi connectivity index (χ3n) is 5.18. The molecule has 2 heterocycles. The summed E-state index contributed by atoms with van der Waals surface area (Å²) in [4.78, 5) is 32.2. The van der Waals surface area contributed by atoms with E-state index in [2.05, 4.69) is 20.6 Å². The van der Waals surface area contributed by atoms with Gasteiger partial charge in [-0.25, -0.2) is 4.98 Å². The summed E-state index contributed by atoms with van der Waals surface area (Å²) in [6, 6.07) is 15.8. The van der Waals surface area contributed by atoms with Gasteiger partial charge >= 0.3 is 0 Å². The first kappa shape index (κ1) is 18.2. The van der Waals surface area contributed by atoms with E-state index in [1.807, 2.05) is 48.5 Å². The Morgan fingerprint density at radius 1 is 1.14 bits per heavy atom. The summed E-state index contributed by atoms with van der Waals surface area (Å²) in [5, 5.41) is 5.88. The monoisotopic (exact) mass is 376 g/mol. The van der Waals surface area contributed by atoms with Crippen LogP contribution in [0.2, 0.25) is 0 Å². The molecule has 2 amide bonds. The van der Waals surface area contributed by atoms with Crippen molar-refractivity contribution in [1.82, 2.24) is 15.3 Å². The highest BCUT2D eigenvalue weighted by molar-refractivity contribution is 5.96. The molecule has 1 aromatic heterocycles. The molecule has 1 unspecified atom stereocenters. The van der Waals surface area contributed by atoms with Gasteiger partial charge in [0.2, 0.25) is 11.8 Å². The first-order chi connectivity index (χ1) is 13.7. The minimum absolute atomic E-state index is 0.00346. The Morgan fingerprint density at radius 2 is 1.96 bits per heavy atom. The lowest BCUT2D eigenvalue weighted by molar-refractivity contribution is -0.122. The lowest BCUT2D eigenvalue weighted by Gasteiger charge is -2.24. The van der Waals surface area contributed by atoms with Crippen molar-refractivity contribution in [3.63, 3.8) is 0 Å². The third kappa shape index (κ3) is 4.22. The van der Waals surface area contributed by atoms with Gasteiger partial charge in [-0.15, -0.1) is 0 Å². The number of aromatic nitrogens is 2. The van der Waals surface area contributed by atoms with E-state index in [9.17, 15) is 9.59 Å². The van der Waals surface area contributed by atoms with Gasteiger partial charge < -0.3 is 15.6 Å². The molecule has 0 saturated heterocycles. The molecular formula is C22H24N4O2. The van der Waals surface area contributed by atoms with Crippen LogP contribution in [0.5, 0.6) is 0 Å². The highest BCUT2D eigenvalue weighted by Crippen LogP contribution is 2.27. The fourth-order valence-corrected chi connectivity index (χ4v) is 3.65. The fourth-order valence-electron chi connectivity index (χ4n) is 3.65. The number of nitrogens with zero attached hydrogens (tertiary/aromatic N) is 1. The number of H-pyrrole nitrogens is 1. The summed E-state index contributed by atoms with van der Waals surface area (Å²) in [6.45, 7) is 0.607. The number of benzene rings is 2. The number of anilines is 1. The van der Waals surface area contributed by atoms with E-state index in [1.165, 1.54) is 0 Å². The molecule has 2 aromatic carbocycles. The number of amides is 2. The van der Waals surface area contributed by atoms with Crippen LogP contribution in [0.3, 0.4) is 0 Å². The van der Waals surface area contributed by atoms with Crippen molar-refractivity contribution < 1.29 is 9.59 Å². The average Bonchev–Trinajstić information content (AvgIpc) is 3.12. The van der Waals surface area contributed by atoms with E-state index in [0.717, 1.165) is 41.0 Å². The van der Waals surface area contributed by atoms with Gasteiger partial charge in [0.25, 0.3) is 0 Å². The number of aryl methyl sites for hydroxylation is 1. The van der Waals surface area contributed by atoms with E-state index in [-0.39, 0.29) is 17.7 Å². The topological polar surface area (TPSA) is 86.9 Å². The largest absolute Gasteiger partial charge is 0.356 e. The Labute approximate surface area is 163 Å². The van der Waals surface area contributed by atoms with E-state index < -0.39 is 0 Å². The molecule has 28 heavy (non-hydrogen) atoms. The van der Waals surface area contributed by atoms with Crippen LogP contribution < -0.4 is 10.6 Å². The summed E-state index contributed by atoms with van der Waals surface area (Å²) in [6.07, 6.45) is 3.24. The summed E-state index contributed by atoms with van der Waals surface area (Å²) >= 11 is 0. The van der Waals surface area contributed by atoms with Gasteiger partial charge in [-0.05, 0) is 43.0 Å². The van der Waals surface area contributed by atoms with Gasteiger partial charge in [-0.1, -0.05) is 30.3 Å². The van der Waals surface area contributed by atoms with Crippen molar-refractivity contribution in [1.29, 1.82) is 0 Å². The van der Waals surface area contributed by atoms with Crippen LogP contribution in [-0.4, -0.2) is 28.3 Å². The van der Waals surface area contributed by atoms with Gasteiger partial charge in [0.05, 0.1) is 11.0 Å². The van der Waals surface area contributed by atoms with Crippen molar-refractivity contribution >= 4 is 28.5 Å². The van der Waals surface area contributed by atoms with Crippen molar-refractivity contribution in [2.45, 2.75) is 32.1 Å². The molecule has 3 aromatic rings. The van der Waals surface area contributed by atoms with Crippen LogP contribution in [0.4, 0.5) is 5.69 Å². The molecule has 144 valence electrons. The summed E-state index contributed by atoms with van der Waals surface area (Å²) in [5.41, 5.74) is 4.03. The van der Waals surface area contributed by atoms with E-state index in [1.54, 1.807) is 0 Å². The summed E-state index contributed by atoms with van der Waals surface area (Å²) in [7, 11) is 0. The number of carbonyl (C=O) groups is 2. The molecule has 0 radical (unpaired) electrons. The van der Waals surface area contributed by atoms with E-state index in [4.69, 9.17) is 0 Å². The molecule has 1 aliphatic heterocycles. The Bertz CT molecular complexity index is 962. The number of rotatable bonds is 7. The van der Waals surface area contributed by atoms with Crippen molar-refractivity contribution in [2.24, 2.45) is 5.92 Å². The first-order valence-corrected chi connectivity index (χ1v) is 9.78. The Morgan fingerprint density at radius 3 is 2.86 bits per heavy atom. The minimum Gasteiger partial charge on any atom is -0.356 e. The van der Waals surface area contributed by atoms with Crippen molar-refractivity contribution in [2.75, 3.05) is 11.9 Å². The molecule has 6 nitrogen and oxygen atoms in total. The maximum atomic E-state index is 12.2. The number of fused-ring (bicyclic) bond motifs is 2. The molecule has 0 fully saturated rings. The number of hydrogen-bond donors (Lipinski definition) is 3. The molecule has 0 saturated carbocycles. The quantitative estimate of drug-likeness (QED) is 0.554. The number of imidazole rings is 1. The van der Waals surface area contributed by atoms with Gasteiger partial charge in [-0.2, -0.15) is 0 Å². The number of hydrogen-bond acceptors (Lipinski definition) is 3. The lowest BCUT2D eigenvalue weighted by Crippen LogP contribution is -2.32. The molecule has 0 aliphatic carbocycles. The highest BCUT2D eigenvalue weighted by Gasteiger charge is 2.26. The Kier molecular flexibility index (Phi) is 5.37. The normalized spacial score (nSPS) is 15.9. The second-order valence-corrected chi connectivity index (χ2v) is 7.24. The Balaban J connectivity index is 1.18. The minimum atomic E-state index is -0.142. The predicted molar refractivity (Wildman–Crippen MR) is 109 cm³/mol. The molecule has 6 heteroatoms. The van der Waals surface area contributed by atoms with Crippen LogP contribution in [0, 0.1) is 5.92 Å². The number of nitrogens with one attached hydrogen (secondary N) is 3. The molecule has 0 spiro atoms. The zero-order valence-electron chi connectivity index (χ0n) is 15.7. The van der Waals surface area contributed by atoms with Gasteiger partial charge in [0.1, 0.15) is 5.82 Å². The SMILES string of the molecule is O=C(CCC1Cc2ccccc2NC1=O)NCCCc1nc2ccccc2[nH]1. The summed E-state index contributed by atoms with van der Waals surface area (Å²) in [5.74, 6) is 0.803. The smallest absolute Gasteiger partial charge is 0.227 e. The van der Waals surface area contributed by atoms with Crippen LogP contribution >= 0.6 is 0 Å². The van der Waals surface area contributed by atoms with E-state index in [0.29, 0.717) is 25.8 Å². The van der Waals surface area contributed by atoms with Crippen molar-refractivity contribution in [3.8, 4) is 0 Å². The maximum absolute atomic E-state index is 12.2. The standard InChI is InChI=1S/C22H24N4O2/c27-21(12-11-16-14-15-6-1-2-7-17(15)26-22(16)28)23-13-5-10-20-24-18-8-3-4-9-19(18)25-20/h1-4,6-9,16H,5,10-14H2,(H,23,27)(H,24,25)(H,26,28). The number of aromatic amines is 1. The van der Waals surface area contributed by atoms with Crippen LogP contribution in [-0.2, 0) is 22.4 Å². The fraction of sp³-hybridized carbons (Fsp3) is 0.318.